The molecule has 0 heterocycles. The van der Waals surface area contributed by atoms with Gasteiger partial charge in [-0.15, -0.1) is 0 Å². The summed E-state index contributed by atoms with van der Waals surface area (Å²) in [6.07, 6.45) is 0. The Labute approximate surface area is 107 Å². The van der Waals surface area contributed by atoms with Gasteiger partial charge in [0.25, 0.3) is 0 Å². The van der Waals surface area contributed by atoms with Crippen LogP contribution in [0.5, 0.6) is 11.5 Å². The van der Waals surface area contributed by atoms with Crippen molar-refractivity contribution in [1.29, 1.82) is 0 Å². The highest BCUT2D eigenvalue weighted by molar-refractivity contribution is 6.32. The Hall–Kier alpha value is -1.97. The minimum Gasteiger partial charge on any atom is -0.457 e. The molecule has 0 N–H and O–H groups in total. The zero-order valence-corrected chi connectivity index (χ0v) is 10.4. The van der Waals surface area contributed by atoms with E-state index in [0.717, 1.165) is 5.69 Å². The van der Waals surface area contributed by atoms with E-state index in [-0.39, 0.29) is 5.46 Å². The van der Waals surface area contributed by atoms with E-state index in [4.69, 9.17) is 12.6 Å². The molecule has 0 spiro atoms. The first-order valence-corrected chi connectivity index (χ1v) is 5.56. The maximum absolute atomic E-state index is 13.3. The standard InChI is InChI=1S/C14H13BFNO/c1-17(2)10-4-3-5-11(8-10)18-12-6-7-13(15)14(16)9-12/h3-9H,1-2H3. The van der Waals surface area contributed by atoms with Crippen LogP contribution in [0.4, 0.5) is 10.1 Å². The van der Waals surface area contributed by atoms with Crippen LogP contribution in [0.15, 0.2) is 42.5 Å². The van der Waals surface area contributed by atoms with Crippen LogP contribution < -0.4 is 15.1 Å². The fourth-order valence-corrected chi connectivity index (χ4v) is 1.53. The van der Waals surface area contributed by atoms with Gasteiger partial charge in [0.15, 0.2) is 0 Å². The van der Waals surface area contributed by atoms with Crippen LogP contribution >= 0.6 is 0 Å². The van der Waals surface area contributed by atoms with Crippen LogP contribution in [0.1, 0.15) is 0 Å². The van der Waals surface area contributed by atoms with Crippen molar-refractivity contribution in [2.24, 2.45) is 0 Å². The summed E-state index contributed by atoms with van der Waals surface area (Å²) >= 11 is 0. The lowest BCUT2D eigenvalue weighted by Crippen LogP contribution is -2.08. The Balaban J connectivity index is 2.23. The monoisotopic (exact) mass is 241 g/mol. The molecule has 0 aliphatic rings. The van der Waals surface area contributed by atoms with E-state index < -0.39 is 5.82 Å². The fraction of sp³-hybridized carbons (Fsp3) is 0.143. The molecule has 0 bridgehead atoms. The van der Waals surface area contributed by atoms with Crippen LogP contribution in [0.25, 0.3) is 0 Å². The van der Waals surface area contributed by atoms with Gasteiger partial charge in [-0.3, -0.25) is 0 Å². The van der Waals surface area contributed by atoms with Crippen molar-refractivity contribution >= 4 is 19.0 Å². The summed E-state index contributed by atoms with van der Waals surface area (Å²) in [5.41, 5.74) is 1.13. The molecule has 2 nitrogen and oxygen atoms in total. The molecule has 0 atom stereocenters. The molecule has 0 aliphatic heterocycles. The lowest BCUT2D eigenvalue weighted by molar-refractivity contribution is 0.477. The molecular formula is C14H13BFNO. The van der Waals surface area contributed by atoms with Crippen molar-refractivity contribution in [2.45, 2.75) is 0 Å². The summed E-state index contributed by atoms with van der Waals surface area (Å²) in [6, 6.07) is 12.0. The summed E-state index contributed by atoms with van der Waals surface area (Å²) in [7, 11) is 9.30. The normalized spacial score (nSPS) is 10.2. The predicted octanol–water partition coefficient (Wildman–Crippen LogP) is 2.48. The van der Waals surface area contributed by atoms with Gasteiger partial charge in [-0.2, -0.15) is 0 Å². The van der Waals surface area contributed by atoms with Gasteiger partial charge >= 0.3 is 0 Å². The first-order chi connectivity index (χ1) is 8.56. The third kappa shape index (κ3) is 2.83. The molecule has 0 aromatic heterocycles. The van der Waals surface area contributed by atoms with Crippen molar-refractivity contribution in [3.63, 3.8) is 0 Å². The number of hydrogen-bond donors (Lipinski definition) is 0. The summed E-state index contributed by atoms with van der Waals surface area (Å²) in [4.78, 5) is 1.97. The zero-order valence-electron chi connectivity index (χ0n) is 10.4. The van der Waals surface area contributed by atoms with Crippen molar-refractivity contribution in [2.75, 3.05) is 19.0 Å². The number of anilines is 1. The number of hydrogen-bond acceptors (Lipinski definition) is 2. The number of benzene rings is 2. The molecule has 90 valence electrons. The Morgan fingerprint density at radius 2 is 1.78 bits per heavy atom. The van der Waals surface area contributed by atoms with Gasteiger partial charge in [0.05, 0.1) is 0 Å². The molecule has 0 fully saturated rings. The van der Waals surface area contributed by atoms with Gasteiger partial charge in [-0.1, -0.05) is 17.6 Å². The topological polar surface area (TPSA) is 12.5 Å². The number of ether oxygens (including phenoxy) is 1. The molecule has 0 aliphatic carbocycles. The third-order valence-electron chi connectivity index (χ3n) is 2.54. The highest BCUT2D eigenvalue weighted by Crippen LogP contribution is 2.25. The predicted molar refractivity (Wildman–Crippen MR) is 72.6 cm³/mol. The van der Waals surface area contributed by atoms with Gasteiger partial charge < -0.3 is 9.64 Å². The second kappa shape index (κ2) is 5.13. The molecule has 2 radical (unpaired) electrons. The van der Waals surface area contributed by atoms with E-state index in [1.54, 1.807) is 6.07 Å². The minimum atomic E-state index is -0.476. The van der Waals surface area contributed by atoms with Crippen LogP contribution in [0.2, 0.25) is 0 Å². The van der Waals surface area contributed by atoms with Crippen LogP contribution in [-0.4, -0.2) is 21.9 Å². The number of nitrogens with zero attached hydrogens (tertiary/aromatic N) is 1. The van der Waals surface area contributed by atoms with Crippen molar-refractivity contribution < 1.29 is 9.13 Å². The molecule has 0 saturated carbocycles. The Morgan fingerprint density at radius 1 is 1.06 bits per heavy atom. The first-order valence-electron chi connectivity index (χ1n) is 5.56. The van der Waals surface area contributed by atoms with E-state index in [1.807, 2.05) is 43.3 Å². The summed E-state index contributed by atoms with van der Waals surface area (Å²) < 4.78 is 18.9. The van der Waals surface area contributed by atoms with Gasteiger partial charge in [-0.25, -0.2) is 4.39 Å². The van der Waals surface area contributed by atoms with E-state index in [9.17, 15) is 4.39 Å². The average Bonchev–Trinajstić information content (AvgIpc) is 2.34. The maximum atomic E-state index is 13.3. The van der Waals surface area contributed by atoms with Crippen molar-refractivity contribution in [3.05, 3.63) is 48.3 Å². The fourth-order valence-electron chi connectivity index (χ4n) is 1.53. The second-order valence-electron chi connectivity index (χ2n) is 4.18. The second-order valence-corrected chi connectivity index (χ2v) is 4.18. The highest BCUT2D eigenvalue weighted by atomic mass is 19.1. The van der Waals surface area contributed by atoms with Crippen molar-refractivity contribution in [3.8, 4) is 11.5 Å². The number of halogens is 1. The van der Waals surface area contributed by atoms with Gasteiger partial charge in [0.1, 0.15) is 25.2 Å². The lowest BCUT2D eigenvalue weighted by atomic mass is 9.96. The molecule has 18 heavy (non-hydrogen) atoms. The Bertz CT molecular complexity index is 557. The molecule has 2 rings (SSSR count). The average molecular weight is 241 g/mol. The van der Waals surface area contributed by atoms with Crippen molar-refractivity contribution in [1.82, 2.24) is 0 Å². The highest BCUT2D eigenvalue weighted by Gasteiger charge is 2.03. The van der Waals surface area contributed by atoms with Gasteiger partial charge in [-0.05, 0) is 18.2 Å². The molecule has 0 amide bonds. The Kier molecular flexibility index (Phi) is 3.56. The third-order valence-corrected chi connectivity index (χ3v) is 2.54. The van der Waals surface area contributed by atoms with E-state index in [1.165, 1.54) is 12.1 Å². The van der Waals surface area contributed by atoms with E-state index >= 15 is 0 Å². The van der Waals surface area contributed by atoms with Crippen LogP contribution in [0, 0.1) is 5.82 Å². The first kappa shape index (κ1) is 12.5. The molecule has 4 heteroatoms. The minimum absolute atomic E-state index is 0.115. The summed E-state index contributed by atoms with van der Waals surface area (Å²) in [5.74, 6) is 0.610. The van der Waals surface area contributed by atoms with Crippen LogP contribution in [-0.2, 0) is 0 Å². The SMILES string of the molecule is [B]c1ccc(Oc2cccc(N(C)C)c2)cc1F. The molecule has 0 unspecified atom stereocenters. The number of rotatable bonds is 3. The largest absolute Gasteiger partial charge is 0.457 e. The van der Waals surface area contributed by atoms with E-state index in [0.29, 0.717) is 11.5 Å². The smallest absolute Gasteiger partial charge is 0.130 e. The molecule has 0 saturated heterocycles. The van der Waals surface area contributed by atoms with Gasteiger partial charge in [0, 0.05) is 31.9 Å². The quantitative estimate of drug-likeness (QED) is 0.765. The van der Waals surface area contributed by atoms with E-state index in [2.05, 4.69) is 0 Å². The lowest BCUT2D eigenvalue weighted by Gasteiger charge is -2.14. The summed E-state index contributed by atoms with van der Waals surface area (Å²) in [5, 5.41) is 0. The maximum Gasteiger partial charge on any atom is 0.130 e. The molecule has 2 aromatic rings. The molecule has 2 aromatic carbocycles. The summed E-state index contributed by atoms with van der Waals surface area (Å²) in [6.45, 7) is 0. The molecular weight excluding hydrogens is 228 g/mol. The van der Waals surface area contributed by atoms with Crippen LogP contribution in [0.3, 0.4) is 0 Å². The Morgan fingerprint density at radius 3 is 2.44 bits per heavy atom. The van der Waals surface area contributed by atoms with Gasteiger partial charge in [0.2, 0.25) is 0 Å². The zero-order chi connectivity index (χ0) is 13.1.